The van der Waals surface area contributed by atoms with Gasteiger partial charge in [0.25, 0.3) is 0 Å². The normalized spacial score (nSPS) is 20.6. The predicted molar refractivity (Wildman–Crippen MR) is 54.1 cm³/mol. The molecule has 0 amide bonds. The minimum atomic E-state index is -1.52. The molecule has 0 unspecified atom stereocenters. The average Bonchev–Trinajstić information content (AvgIpc) is 2.12. The van der Waals surface area contributed by atoms with Gasteiger partial charge in [-0.1, -0.05) is 0 Å². The zero-order chi connectivity index (χ0) is 12.3. The van der Waals surface area contributed by atoms with Gasteiger partial charge in [0.15, 0.2) is 0 Å². The van der Waals surface area contributed by atoms with E-state index < -0.39 is 30.8 Å². The first-order chi connectivity index (χ1) is 7.40. The molecule has 1 saturated heterocycles. The van der Waals surface area contributed by atoms with Crippen LogP contribution in [0.2, 0.25) is 0 Å². The van der Waals surface area contributed by atoms with Gasteiger partial charge in [0.05, 0.1) is 19.1 Å². The van der Waals surface area contributed by atoms with Crippen molar-refractivity contribution >= 4 is 24.7 Å². The number of likely N-dealkylation sites (N-methyl/N-ethyl adjacent to an activating group) is 1. The van der Waals surface area contributed by atoms with Crippen LogP contribution in [0.1, 0.15) is 6.92 Å². The number of carbonyl (C=O) groups is 3. The van der Waals surface area contributed by atoms with Crippen molar-refractivity contribution < 1.29 is 23.7 Å². The smallest absolute Gasteiger partial charge is 0.492 e. The van der Waals surface area contributed by atoms with Gasteiger partial charge in [0.2, 0.25) is 5.68 Å². The molecule has 1 heterocycles. The standard InChI is InChI=1S/C8H13BN2O5/c1-5(10)8(14)9-15-6(12)3-11(2)4-7(13)16-9/h5H,3-4,10H2,1-2H3/t5-/m0/s1. The maximum atomic E-state index is 11.4. The number of carbonyl (C=O) groups excluding carboxylic acids is 3. The maximum absolute atomic E-state index is 11.4. The van der Waals surface area contributed by atoms with Gasteiger partial charge in [-0.3, -0.25) is 19.3 Å². The Balaban J connectivity index is 2.74. The highest BCUT2D eigenvalue weighted by molar-refractivity contribution is 6.83. The van der Waals surface area contributed by atoms with Gasteiger partial charge in [0.1, 0.15) is 0 Å². The molecule has 0 aromatic rings. The zero-order valence-corrected chi connectivity index (χ0v) is 9.13. The molecule has 0 bridgehead atoms. The lowest BCUT2D eigenvalue weighted by Gasteiger charge is -2.22. The van der Waals surface area contributed by atoms with Crippen molar-refractivity contribution in [3.05, 3.63) is 0 Å². The molecule has 8 heteroatoms. The van der Waals surface area contributed by atoms with Gasteiger partial charge < -0.3 is 15.0 Å². The lowest BCUT2D eigenvalue weighted by atomic mass is 9.79. The molecule has 1 atom stereocenters. The third-order valence-electron chi connectivity index (χ3n) is 1.96. The summed E-state index contributed by atoms with van der Waals surface area (Å²) in [4.78, 5) is 35.4. The van der Waals surface area contributed by atoms with Crippen molar-refractivity contribution in [2.75, 3.05) is 20.1 Å². The first-order valence-corrected chi connectivity index (χ1v) is 4.77. The summed E-state index contributed by atoms with van der Waals surface area (Å²) in [7, 11) is 0.0460. The second-order valence-electron chi connectivity index (χ2n) is 3.67. The van der Waals surface area contributed by atoms with Gasteiger partial charge in [-0.2, -0.15) is 0 Å². The molecule has 2 N–H and O–H groups in total. The van der Waals surface area contributed by atoms with E-state index in [-0.39, 0.29) is 13.1 Å². The van der Waals surface area contributed by atoms with Crippen LogP contribution in [0.3, 0.4) is 0 Å². The maximum Gasteiger partial charge on any atom is 0.676 e. The van der Waals surface area contributed by atoms with Gasteiger partial charge in [0, 0.05) is 0 Å². The Bertz CT molecular complexity index is 300. The molecule has 0 saturated carbocycles. The van der Waals surface area contributed by atoms with E-state index in [0.29, 0.717) is 0 Å². The molecule has 88 valence electrons. The highest BCUT2D eigenvalue weighted by atomic mass is 16.6. The minimum absolute atomic E-state index is 0.0716. The number of hydrogen-bond acceptors (Lipinski definition) is 7. The molecule has 0 spiro atoms. The van der Waals surface area contributed by atoms with Crippen LogP contribution in [-0.2, 0) is 23.7 Å². The van der Waals surface area contributed by atoms with E-state index in [1.807, 2.05) is 0 Å². The van der Waals surface area contributed by atoms with Crippen molar-refractivity contribution in [3.8, 4) is 0 Å². The number of hydrogen-bond donors (Lipinski definition) is 1. The summed E-state index contributed by atoms with van der Waals surface area (Å²) in [5.41, 5.74) is 4.70. The van der Waals surface area contributed by atoms with Crippen LogP contribution in [0.5, 0.6) is 0 Å². The lowest BCUT2D eigenvalue weighted by Crippen LogP contribution is -2.50. The monoisotopic (exact) mass is 228 g/mol. The summed E-state index contributed by atoms with van der Waals surface area (Å²) in [6.45, 7) is 1.28. The van der Waals surface area contributed by atoms with Crippen molar-refractivity contribution in [2.45, 2.75) is 13.0 Å². The molecule has 1 rings (SSSR count). The van der Waals surface area contributed by atoms with Gasteiger partial charge in [-0.15, -0.1) is 0 Å². The van der Waals surface area contributed by atoms with Crippen molar-refractivity contribution in [2.24, 2.45) is 5.73 Å². The van der Waals surface area contributed by atoms with E-state index in [1.165, 1.54) is 11.8 Å². The van der Waals surface area contributed by atoms with Crippen molar-refractivity contribution in [3.63, 3.8) is 0 Å². The molecule has 0 aromatic carbocycles. The molecular formula is C8H13BN2O5. The lowest BCUT2D eigenvalue weighted by molar-refractivity contribution is -0.147. The molecule has 0 radical (unpaired) electrons. The van der Waals surface area contributed by atoms with E-state index in [9.17, 15) is 14.4 Å². The molecule has 16 heavy (non-hydrogen) atoms. The van der Waals surface area contributed by atoms with E-state index in [4.69, 9.17) is 15.0 Å². The zero-order valence-electron chi connectivity index (χ0n) is 9.13. The third kappa shape index (κ3) is 3.32. The molecule has 1 fully saturated rings. The minimum Gasteiger partial charge on any atom is -0.492 e. The third-order valence-corrected chi connectivity index (χ3v) is 1.96. The Morgan fingerprint density at radius 2 is 1.81 bits per heavy atom. The summed E-state index contributed by atoms with van der Waals surface area (Å²) >= 11 is 0. The van der Waals surface area contributed by atoms with Crippen LogP contribution in [0.4, 0.5) is 0 Å². The largest absolute Gasteiger partial charge is 0.676 e. The summed E-state index contributed by atoms with van der Waals surface area (Å²) in [5.74, 6) is -1.26. The first-order valence-electron chi connectivity index (χ1n) is 4.77. The predicted octanol–water partition coefficient (Wildman–Crippen LogP) is -2.04. The fraction of sp³-hybridized carbons (Fsp3) is 0.625. The molecule has 0 aromatic heterocycles. The second kappa shape index (κ2) is 5.08. The van der Waals surface area contributed by atoms with E-state index in [1.54, 1.807) is 7.05 Å². The van der Waals surface area contributed by atoms with Crippen LogP contribution in [0, 0.1) is 0 Å². The molecule has 1 aliphatic rings. The summed E-state index contributed by atoms with van der Waals surface area (Å²) in [6.07, 6.45) is 0. The fourth-order valence-corrected chi connectivity index (χ4v) is 1.16. The average molecular weight is 228 g/mol. The van der Waals surface area contributed by atoms with Gasteiger partial charge in [-0.25, -0.2) is 0 Å². The summed E-state index contributed by atoms with van der Waals surface area (Å²) < 4.78 is 9.40. The number of nitrogens with two attached hydrogens (primary N) is 1. The highest BCUT2D eigenvalue weighted by Gasteiger charge is 2.40. The van der Waals surface area contributed by atoms with Crippen molar-refractivity contribution in [1.29, 1.82) is 0 Å². The van der Waals surface area contributed by atoms with E-state index >= 15 is 0 Å². The van der Waals surface area contributed by atoms with E-state index in [2.05, 4.69) is 0 Å². The Morgan fingerprint density at radius 3 is 2.19 bits per heavy atom. The highest BCUT2D eigenvalue weighted by Crippen LogP contribution is 2.02. The van der Waals surface area contributed by atoms with Crippen molar-refractivity contribution in [1.82, 2.24) is 4.90 Å². The Kier molecular flexibility index (Phi) is 4.02. The summed E-state index contributed by atoms with van der Waals surface area (Å²) in [5, 5.41) is 0. The van der Waals surface area contributed by atoms with Crippen LogP contribution in [-0.4, -0.2) is 55.8 Å². The SMILES string of the molecule is C[C@H](N)C(=O)B1OC(=O)CN(C)CC(=O)O1. The Labute approximate surface area is 93.0 Å². The van der Waals surface area contributed by atoms with Crippen LogP contribution in [0.15, 0.2) is 0 Å². The second-order valence-corrected chi connectivity index (χ2v) is 3.67. The van der Waals surface area contributed by atoms with E-state index in [0.717, 1.165) is 0 Å². The number of nitrogens with zero attached hydrogens (tertiary/aromatic N) is 1. The van der Waals surface area contributed by atoms with Crippen LogP contribution in [0.25, 0.3) is 0 Å². The molecule has 0 aliphatic carbocycles. The first kappa shape index (κ1) is 12.7. The fourth-order valence-electron chi connectivity index (χ4n) is 1.16. The molecule has 7 nitrogen and oxygen atoms in total. The number of rotatable bonds is 2. The quantitative estimate of drug-likeness (QED) is 0.543. The summed E-state index contributed by atoms with van der Waals surface area (Å²) in [6, 6.07) is -0.859. The van der Waals surface area contributed by atoms with Crippen LogP contribution >= 0.6 is 0 Å². The van der Waals surface area contributed by atoms with Crippen LogP contribution < -0.4 is 5.73 Å². The Hall–Kier alpha value is -1.41. The van der Waals surface area contributed by atoms with Gasteiger partial charge in [-0.05, 0) is 14.0 Å². The molecular weight excluding hydrogens is 215 g/mol. The Morgan fingerprint density at radius 1 is 1.38 bits per heavy atom. The van der Waals surface area contributed by atoms with Gasteiger partial charge >= 0.3 is 19.1 Å². The molecule has 1 aliphatic heterocycles. The topological polar surface area (TPSA) is 98.9 Å².